The second-order valence-electron chi connectivity index (χ2n) is 4.71. The number of fused-ring (bicyclic) bond motifs is 1. The largest absolute Gasteiger partial charge is 0.491 e. The van der Waals surface area contributed by atoms with E-state index in [0.29, 0.717) is 24.5 Å². The SMILES string of the molecule is CC(N)C(N1CCCOc2ccccc21)C(F)(F)F. The van der Waals surface area contributed by atoms with Crippen LogP contribution in [0.1, 0.15) is 13.3 Å². The Morgan fingerprint density at radius 2 is 2.00 bits per heavy atom. The molecule has 0 aliphatic carbocycles. The second-order valence-corrected chi connectivity index (χ2v) is 4.71. The van der Waals surface area contributed by atoms with Crippen LogP contribution in [0.25, 0.3) is 0 Å². The Balaban J connectivity index is 2.42. The molecule has 0 radical (unpaired) electrons. The first-order chi connectivity index (χ1) is 8.91. The fraction of sp³-hybridized carbons (Fsp3) is 0.538. The van der Waals surface area contributed by atoms with E-state index in [1.807, 2.05) is 0 Å². The number of ether oxygens (including phenoxy) is 1. The van der Waals surface area contributed by atoms with E-state index in [9.17, 15) is 13.2 Å². The van der Waals surface area contributed by atoms with Crippen LogP contribution < -0.4 is 15.4 Å². The lowest BCUT2D eigenvalue weighted by molar-refractivity contribution is -0.152. The van der Waals surface area contributed by atoms with Crippen molar-refractivity contribution in [2.75, 3.05) is 18.1 Å². The monoisotopic (exact) mass is 274 g/mol. The average Bonchev–Trinajstić information content (AvgIpc) is 2.50. The molecule has 1 aliphatic rings. The van der Waals surface area contributed by atoms with Crippen LogP contribution in [0.5, 0.6) is 5.75 Å². The number of benzene rings is 1. The number of hydrogen-bond acceptors (Lipinski definition) is 3. The zero-order chi connectivity index (χ0) is 14.0. The number of hydrogen-bond donors (Lipinski definition) is 1. The van der Waals surface area contributed by atoms with Crippen LogP contribution in [0.2, 0.25) is 0 Å². The zero-order valence-corrected chi connectivity index (χ0v) is 10.7. The maximum Gasteiger partial charge on any atom is 0.410 e. The van der Waals surface area contributed by atoms with E-state index in [-0.39, 0.29) is 6.54 Å². The van der Waals surface area contributed by atoms with Crippen LogP contribution in [-0.2, 0) is 0 Å². The molecule has 2 unspecified atom stereocenters. The summed E-state index contributed by atoms with van der Waals surface area (Å²) in [6, 6.07) is 4.07. The van der Waals surface area contributed by atoms with Gasteiger partial charge in [-0.1, -0.05) is 12.1 Å². The summed E-state index contributed by atoms with van der Waals surface area (Å²) in [5.41, 5.74) is 6.02. The third kappa shape index (κ3) is 2.94. The summed E-state index contributed by atoms with van der Waals surface area (Å²) in [5, 5.41) is 0. The van der Waals surface area contributed by atoms with Gasteiger partial charge in [0.05, 0.1) is 12.3 Å². The average molecular weight is 274 g/mol. The third-order valence-electron chi connectivity index (χ3n) is 3.14. The molecule has 0 fully saturated rings. The highest BCUT2D eigenvalue weighted by Gasteiger charge is 2.46. The predicted octanol–water partition coefficient (Wildman–Crippen LogP) is 2.55. The molecule has 0 saturated carbocycles. The maximum absolute atomic E-state index is 13.2. The Hall–Kier alpha value is -1.43. The van der Waals surface area contributed by atoms with Crippen molar-refractivity contribution in [3.05, 3.63) is 24.3 Å². The highest BCUT2D eigenvalue weighted by atomic mass is 19.4. The van der Waals surface area contributed by atoms with Crippen molar-refractivity contribution >= 4 is 5.69 Å². The molecule has 0 spiro atoms. The van der Waals surface area contributed by atoms with E-state index < -0.39 is 18.3 Å². The first-order valence-corrected chi connectivity index (χ1v) is 6.22. The van der Waals surface area contributed by atoms with E-state index in [4.69, 9.17) is 10.5 Å². The number of para-hydroxylation sites is 2. The van der Waals surface area contributed by atoms with Gasteiger partial charge in [-0.25, -0.2) is 0 Å². The van der Waals surface area contributed by atoms with E-state index in [2.05, 4.69) is 0 Å². The lowest BCUT2D eigenvalue weighted by Crippen LogP contribution is -2.55. The molecule has 0 saturated heterocycles. The smallest absolute Gasteiger partial charge is 0.410 e. The fourth-order valence-electron chi connectivity index (χ4n) is 2.40. The summed E-state index contributed by atoms with van der Waals surface area (Å²) in [7, 11) is 0. The molecule has 2 N–H and O–H groups in total. The van der Waals surface area contributed by atoms with Crippen LogP contribution in [0.4, 0.5) is 18.9 Å². The molecular formula is C13H17F3N2O. The molecule has 6 heteroatoms. The summed E-state index contributed by atoms with van der Waals surface area (Å²) in [5.74, 6) is 0.481. The maximum atomic E-state index is 13.2. The van der Waals surface area contributed by atoms with Gasteiger partial charge in [-0.05, 0) is 25.5 Å². The van der Waals surface area contributed by atoms with Gasteiger partial charge in [-0.2, -0.15) is 13.2 Å². The summed E-state index contributed by atoms with van der Waals surface area (Å²) in [6.45, 7) is 2.08. The molecule has 106 valence electrons. The number of rotatable bonds is 2. The van der Waals surface area contributed by atoms with Gasteiger partial charge in [0, 0.05) is 12.6 Å². The minimum atomic E-state index is -4.37. The highest BCUT2D eigenvalue weighted by Crippen LogP contribution is 2.37. The van der Waals surface area contributed by atoms with Gasteiger partial charge in [0.25, 0.3) is 0 Å². The van der Waals surface area contributed by atoms with Crippen molar-refractivity contribution in [1.29, 1.82) is 0 Å². The number of halogens is 3. The van der Waals surface area contributed by atoms with Crippen LogP contribution in [0, 0.1) is 0 Å². The number of anilines is 1. The Labute approximate surface area is 110 Å². The highest BCUT2D eigenvalue weighted by molar-refractivity contribution is 5.60. The topological polar surface area (TPSA) is 38.5 Å². The molecule has 2 atom stereocenters. The molecule has 1 aliphatic heterocycles. The predicted molar refractivity (Wildman–Crippen MR) is 67.4 cm³/mol. The van der Waals surface area contributed by atoms with Gasteiger partial charge in [-0.3, -0.25) is 0 Å². The fourth-order valence-corrected chi connectivity index (χ4v) is 2.40. The van der Waals surface area contributed by atoms with Crippen molar-refractivity contribution in [3.8, 4) is 5.75 Å². The van der Waals surface area contributed by atoms with Crippen molar-refractivity contribution in [2.45, 2.75) is 31.6 Å². The van der Waals surface area contributed by atoms with Crippen LogP contribution in [0.15, 0.2) is 24.3 Å². The van der Waals surface area contributed by atoms with Gasteiger partial charge in [0.15, 0.2) is 0 Å². The normalized spacial score (nSPS) is 19.1. The Kier molecular flexibility index (Phi) is 3.89. The molecule has 0 amide bonds. The minimum absolute atomic E-state index is 0.280. The Bertz CT molecular complexity index is 434. The van der Waals surface area contributed by atoms with Gasteiger partial charge < -0.3 is 15.4 Å². The van der Waals surface area contributed by atoms with Gasteiger partial charge in [0.1, 0.15) is 11.8 Å². The summed E-state index contributed by atoms with van der Waals surface area (Å²) in [6.07, 6.45) is -3.83. The van der Waals surface area contributed by atoms with Crippen LogP contribution >= 0.6 is 0 Å². The minimum Gasteiger partial charge on any atom is -0.491 e. The standard InChI is InChI=1S/C13H17F3N2O/c1-9(17)12(13(14,15)16)18-7-4-8-19-11-6-3-2-5-10(11)18/h2-3,5-6,9,12H,4,7-8,17H2,1H3. The Morgan fingerprint density at radius 3 is 2.63 bits per heavy atom. The van der Waals surface area contributed by atoms with Crippen molar-refractivity contribution < 1.29 is 17.9 Å². The first-order valence-electron chi connectivity index (χ1n) is 6.22. The molecule has 1 aromatic carbocycles. The number of nitrogens with two attached hydrogens (primary N) is 1. The van der Waals surface area contributed by atoms with Crippen molar-refractivity contribution in [1.82, 2.24) is 0 Å². The van der Waals surface area contributed by atoms with E-state index in [1.165, 1.54) is 11.8 Å². The van der Waals surface area contributed by atoms with Gasteiger partial charge in [0.2, 0.25) is 0 Å². The zero-order valence-electron chi connectivity index (χ0n) is 10.7. The van der Waals surface area contributed by atoms with Crippen molar-refractivity contribution in [2.24, 2.45) is 5.73 Å². The van der Waals surface area contributed by atoms with Gasteiger partial charge in [-0.15, -0.1) is 0 Å². The van der Waals surface area contributed by atoms with Crippen LogP contribution in [0.3, 0.4) is 0 Å². The lowest BCUT2D eigenvalue weighted by atomic mass is 10.1. The molecular weight excluding hydrogens is 257 g/mol. The van der Waals surface area contributed by atoms with E-state index in [1.54, 1.807) is 24.3 Å². The molecule has 0 aromatic heterocycles. The third-order valence-corrected chi connectivity index (χ3v) is 3.14. The molecule has 2 rings (SSSR count). The molecule has 1 aromatic rings. The number of nitrogens with zero attached hydrogens (tertiary/aromatic N) is 1. The quantitative estimate of drug-likeness (QED) is 0.900. The lowest BCUT2D eigenvalue weighted by Gasteiger charge is -2.36. The van der Waals surface area contributed by atoms with E-state index >= 15 is 0 Å². The first kappa shape index (κ1) is 14.0. The van der Waals surface area contributed by atoms with E-state index in [0.717, 1.165) is 0 Å². The summed E-state index contributed by atoms with van der Waals surface area (Å²) < 4.78 is 45.1. The second kappa shape index (κ2) is 5.28. The summed E-state index contributed by atoms with van der Waals surface area (Å²) >= 11 is 0. The van der Waals surface area contributed by atoms with Gasteiger partial charge >= 0.3 is 6.18 Å². The van der Waals surface area contributed by atoms with Crippen LogP contribution in [-0.4, -0.2) is 31.4 Å². The number of alkyl halides is 3. The molecule has 19 heavy (non-hydrogen) atoms. The Morgan fingerprint density at radius 1 is 1.32 bits per heavy atom. The van der Waals surface area contributed by atoms with Crippen molar-refractivity contribution in [3.63, 3.8) is 0 Å². The molecule has 3 nitrogen and oxygen atoms in total. The molecule has 0 bridgehead atoms. The summed E-state index contributed by atoms with van der Waals surface area (Å²) in [4.78, 5) is 1.31. The molecule has 1 heterocycles.